The van der Waals surface area contributed by atoms with Gasteiger partial charge in [-0.15, -0.1) is 0 Å². The lowest BCUT2D eigenvalue weighted by Crippen LogP contribution is -2.50. The number of carbonyl (C=O) groups excluding carboxylic acids is 2. The molecule has 1 aromatic carbocycles. The van der Waals surface area contributed by atoms with Crippen LogP contribution in [0.25, 0.3) is 10.9 Å². The number of benzene rings is 1. The number of nitrogens with zero attached hydrogens (tertiary/aromatic N) is 1. The van der Waals surface area contributed by atoms with E-state index in [0.717, 1.165) is 29.3 Å². The molecular formula is C22H29N3O4. The van der Waals surface area contributed by atoms with Gasteiger partial charge in [0, 0.05) is 42.5 Å². The topological polar surface area (TPSA) is 103 Å². The van der Waals surface area contributed by atoms with Crippen LogP contribution in [0.2, 0.25) is 0 Å². The summed E-state index contributed by atoms with van der Waals surface area (Å²) in [5, 5.41) is 13.3. The molecule has 7 nitrogen and oxygen atoms in total. The van der Waals surface area contributed by atoms with Gasteiger partial charge in [-0.3, -0.25) is 9.59 Å². The average molecular weight is 399 g/mol. The molecule has 1 fully saturated rings. The highest BCUT2D eigenvalue weighted by Gasteiger charge is 2.32. The van der Waals surface area contributed by atoms with Crippen molar-refractivity contribution >= 4 is 28.7 Å². The molecule has 0 radical (unpaired) electrons. The lowest BCUT2D eigenvalue weighted by Gasteiger charge is -2.34. The molecule has 156 valence electrons. The van der Waals surface area contributed by atoms with Crippen LogP contribution in [-0.4, -0.2) is 51.9 Å². The first-order chi connectivity index (χ1) is 13.9. The van der Waals surface area contributed by atoms with Crippen LogP contribution >= 0.6 is 0 Å². The second kappa shape index (κ2) is 9.11. The molecule has 2 heterocycles. The summed E-state index contributed by atoms with van der Waals surface area (Å²) >= 11 is 0. The summed E-state index contributed by atoms with van der Waals surface area (Å²) < 4.78 is 0. The number of hydrogen-bond donors (Lipinski definition) is 3. The van der Waals surface area contributed by atoms with Gasteiger partial charge in [0.15, 0.2) is 0 Å². The molecule has 2 aromatic rings. The molecule has 2 amide bonds. The second-order valence-corrected chi connectivity index (χ2v) is 7.90. The fourth-order valence-electron chi connectivity index (χ4n) is 3.89. The highest BCUT2D eigenvalue weighted by atomic mass is 16.4. The van der Waals surface area contributed by atoms with E-state index in [4.69, 9.17) is 0 Å². The number of carboxylic acid groups (broad SMARTS) is 1. The molecule has 3 N–H and O–H groups in total. The summed E-state index contributed by atoms with van der Waals surface area (Å²) in [6, 6.07) is 6.66. The first kappa shape index (κ1) is 20.9. The van der Waals surface area contributed by atoms with E-state index < -0.39 is 12.0 Å². The maximum Gasteiger partial charge on any atom is 0.326 e. The Bertz CT molecular complexity index is 891. The van der Waals surface area contributed by atoms with E-state index in [1.54, 1.807) is 11.1 Å². The number of fused-ring (bicyclic) bond motifs is 1. The number of para-hydroxylation sites is 1. The third-order valence-electron chi connectivity index (χ3n) is 5.85. The Balaban J connectivity index is 1.66. The molecule has 0 saturated carbocycles. The Hall–Kier alpha value is -2.83. The zero-order valence-electron chi connectivity index (χ0n) is 17.0. The number of hydrogen-bond acceptors (Lipinski definition) is 3. The zero-order chi connectivity index (χ0) is 21.0. The molecule has 1 saturated heterocycles. The van der Waals surface area contributed by atoms with Gasteiger partial charge in [-0.05, 0) is 30.9 Å². The molecule has 0 spiro atoms. The number of nitrogens with one attached hydrogen (secondary N) is 2. The number of piperidine rings is 1. The largest absolute Gasteiger partial charge is 0.480 e. The Morgan fingerprint density at radius 2 is 2.07 bits per heavy atom. The lowest BCUT2D eigenvalue weighted by atomic mass is 9.94. The van der Waals surface area contributed by atoms with Gasteiger partial charge >= 0.3 is 5.97 Å². The molecule has 1 aliphatic heterocycles. The second-order valence-electron chi connectivity index (χ2n) is 7.90. The average Bonchev–Trinajstić information content (AvgIpc) is 3.15. The van der Waals surface area contributed by atoms with E-state index in [0.29, 0.717) is 19.5 Å². The van der Waals surface area contributed by atoms with Crippen molar-refractivity contribution < 1.29 is 19.5 Å². The molecule has 1 aromatic heterocycles. The van der Waals surface area contributed by atoms with Crippen molar-refractivity contribution in [3.05, 3.63) is 36.0 Å². The third kappa shape index (κ3) is 4.78. The van der Waals surface area contributed by atoms with Crippen molar-refractivity contribution in [2.75, 3.05) is 13.1 Å². The van der Waals surface area contributed by atoms with Gasteiger partial charge in [0.1, 0.15) is 6.04 Å². The van der Waals surface area contributed by atoms with Crippen LogP contribution in [0.15, 0.2) is 30.5 Å². The summed E-state index contributed by atoms with van der Waals surface area (Å²) in [6.07, 6.45) is 4.17. The van der Waals surface area contributed by atoms with Crippen LogP contribution in [0.4, 0.5) is 0 Å². The van der Waals surface area contributed by atoms with E-state index in [-0.39, 0.29) is 30.1 Å². The number of carbonyl (C=O) groups is 3. The molecule has 0 aliphatic carbocycles. The van der Waals surface area contributed by atoms with Gasteiger partial charge in [0.05, 0.1) is 5.92 Å². The van der Waals surface area contributed by atoms with E-state index in [2.05, 4.69) is 10.3 Å². The van der Waals surface area contributed by atoms with Crippen LogP contribution in [0.5, 0.6) is 0 Å². The maximum absolute atomic E-state index is 12.8. The minimum absolute atomic E-state index is 0.0644. The fraction of sp³-hybridized carbons (Fsp3) is 0.500. The number of H-pyrrole nitrogens is 1. The zero-order valence-corrected chi connectivity index (χ0v) is 17.0. The smallest absolute Gasteiger partial charge is 0.326 e. The number of aromatic amines is 1. The Kier molecular flexibility index (Phi) is 6.56. The van der Waals surface area contributed by atoms with Gasteiger partial charge < -0.3 is 20.3 Å². The van der Waals surface area contributed by atoms with Crippen molar-refractivity contribution in [2.24, 2.45) is 11.8 Å². The number of likely N-dealkylation sites (tertiary alicyclic amines) is 1. The predicted molar refractivity (Wildman–Crippen MR) is 110 cm³/mol. The molecule has 1 aliphatic rings. The van der Waals surface area contributed by atoms with Crippen LogP contribution in [0.3, 0.4) is 0 Å². The van der Waals surface area contributed by atoms with Crippen molar-refractivity contribution in [3.63, 3.8) is 0 Å². The van der Waals surface area contributed by atoms with Crippen LogP contribution < -0.4 is 5.32 Å². The van der Waals surface area contributed by atoms with Gasteiger partial charge in [-0.1, -0.05) is 32.0 Å². The molecule has 3 atom stereocenters. The molecule has 7 heteroatoms. The van der Waals surface area contributed by atoms with Crippen molar-refractivity contribution in [2.45, 2.75) is 45.6 Å². The van der Waals surface area contributed by atoms with Crippen molar-refractivity contribution in [1.29, 1.82) is 0 Å². The number of carboxylic acids is 1. The van der Waals surface area contributed by atoms with Gasteiger partial charge in [-0.25, -0.2) is 4.79 Å². The van der Waals surface area contributed by atoms with Crippen LogP contribution in [0, 0.1) is 11.8 Å². The maximum atomic E-state index is 12.8. The van der Waals surface area contributed by atoms with Crippen LogP contribution in [-0.2, 0) is 20.8 Å². The molecule has 3 rings (SSSR count). The summed E-state index contributed by atoms with van der Waals surface area (Å²) in [5.74, 6) is -1.73. The highest BCUT2D eigenvalue weighted by molar-refractivity contribution is 5.88. The molecule has 3 unspecified atom stereocenters. The normalized spacial score (nSPS) is 19.0. The van der Waals surface area contributed by atoms with Gasteiger partial charge in [-0.2, -0.15) is 0 Å². The standard InChI is InChI=1S/C22H29N3O4/c1-3-14(2)21(27)25-10-6-7-15(13-25)20(26)24-19(22(28)29)11-16-12-23-18-9-5-4-8-17(16)18/h4-5,8-9,12,14-15,19,23H,3,6-7,10-11,13H2,1-2H3,(H,24,26)(H,28,29). The van der Waals surface area contributed by atoms with Crippen molar-refractivity contribution in [3.8, 4) is 0 Å². The minimum atomic E-state index is -1.06. The summed E-state index contributed by atoms with van der Waals surface area (Å²) in [6.45, 7) is 4.88. The van der Waals surface area contributed by atoms with E-state index in [1.165, 1.54) is 0 Å². The Morgan fingerprint density at radius 3 is 2.79 bits per heavy atom. The first-order valence-corrected chi connectivity index (χ1v) is 10.3. The number of amides is 2. The SMILES string of the molecule is CCC(C)C(=O)N1CCCC(C(=O)NC(Cc2c[nH]c3ccccc23)C(=O)O)C1. The monoisotopic (exact) mass is 399 g/mol. The summed E-state index contributed by atoms with van der Waals surface area (Å²) in [7, 11) is 0. The Morgan fingerprint density at radius 1 is 1.31 bits per heavy atom. The van der Waals surface area contributed by atoms with Crippen LogP contribution in [0.1, 0.15) is 38.7 Å². The highest BCUT2D eigenvalue weighted by Crippen LogP contribution is 2.21. The molecular weight excluding hydrogens is 370 g/mol. The summed E-state index contributed by atoms with van der Waals surface area (Å²) in [4.78, 5) is 41.9. The molecule has 0 bridgehead atoms. The van der Waals surface area contributed by atoms with E-state index in [1.807, 2.05) is 38.1 Å². The van der Waals surface area contributed by atoms with Crippen molar-refractivity contribution in [1.82, 2.24) is 15.2 Å². The predicted octanol–water partition coefficient (Wildman–Crippen LogP) is 2.56. The Labute approximate surface area is 170 Å². The van der Waals surface area contributed by atoms with Gasteiger partial charge in [0.2, 0.25) is 11.8 Å². The molecule has 29 heavy (non-hydrogen) atoms. The number of aromatic nitrogens is 1. The van der Waals surface area contributed by atoms with Gasteiger partial charge in [0.25, 0.3) is 0 Å². The number of rotatable bonds is 7. The quantitative estimate of drug-likeness (QED) is 0.666. The van der Waals surface area contributed by atoms with E-state index in [9.17, 15) is 19.5 Å². The first-order valence-electron chi connectivity index (χ1n) is 10.3. The minimum Gasteiger partial charge on any atom is -0.480 e. The number of aliphatic carboxylic acids is 1. The fourth-order valence-corrected chi connectivity index (χ4v) is 3.89. The summed E-state index contributed by atoms with van der Waals surface area (Å²) in [5.41, 5.74) is 1.79. The lowest BCUT2D eigenvalue weighted by molar-refractivity contribution is -0.144. The third-order valence-corrected chi connectivity index (χ3v) is 5.85. The van der Waals surface area contributed by atoms with E-state index >= 15 is 0 Å².